The number of rotatable bonds is 4. The van der Waals surface area contributed by atoms with Crippen LogP contribution in [0.15, 0.2) is 28.8 Å². The van der Waals surface area contributed by atoms with E-state index >= 15 is 0 Å². The number of alkyl halides is 1. The Hall–Kier alpha value is -0.250. The third-order valence-corrected chi connectivity index (χ3v) is 2.88. The van der Waals surface area contributed by atoms with Crippen LogP contribution in [0.4, 0.5) is 4.39 Å². The van der Waals surface area contributed by atoms with Crippen molar-refractivity contribution in [2.45, 2.75) is 0 Å². The number of ether oxygens (including phenoxy) is 1. The van der Waals surface area contributed by atoms with Crippen molar-refractivity contribution in [2.75, 3.05) is 12.5 Å². The van der Waals surface area contributed by atoms with E-state index < -0.39 is 5.82 Å². The van der Waals surface area contributed by atoms with Gasteiger partial charge in [-0.2, -0.15) is 0 Å². The fraction of sp³-hybridized carbons (Fsp3) is 0.200. The molecule has 1 rings (SSSR count). The Labute approximate surface area is 106 Å². The molecule has 0 radical (unpaired) electrons. The molecule has 1 nitrogen and oxygen atoms in total. The average Bonchev–Trinajstić information content (AvgIpc) is 2.21. The van der Waals surface area contributed by atoms with Crippen molar-refractivity contribution in [2.24, 2.45) is 0 Å². The van der Waals surface area contributed by atoms with Crippen molar-refractivity contribution in [1.29, 1.82) is 0 Å². The first-order chi connectivity index (χ1) is 7.04. The lowest BCUT2D eigenvalue weighted by Crippen LogP contribution is -2.02. The van der Waals surface area contributed by atoms with E-state index in [1.165, 1.54) is 12.1 Å². The van der Waals surface area contributed by atoms with Crippen LogP contribution in [-0.2, 0) is 0 Å². The maximum atomic E-state index is 13.1. The fourth-order valence-corrected chi connectivity index (χ4v) is 1.66. The Morgan fingerprint density at radius 3 is 2.80 bits per heavy atom. The summed E-state index contributed by atoms with van der Waals surface area (Å²) in [6.45, 7) is 3.92. The van der Waals surface area contributed by atoms with Gasteiger partial charge in [-0.25, -0.2) is 4.39 Å². The van der Waals surface area contributed by atoms with Crippen molar-refractivity contribution in [1.82, 2.24) is 0 Å². The van der Waals surface area contributed by atoms with Gasteiger partial charge < -0.3 is 4.74 Å². The lowest BCUT2D eigenvalue weighted by molar-refractivity contribution is 0.348. The largest absolute Gasteiger partial charge is 0.488 e. The Morgan fingerprint density at radius 2 is 2.20 bits per heavy atom. The minimum absolute atomic E-state index is 0.0467. The Bertz CT molecular complexity index is 382. The van der Waals surface area contributed by atoms with Gasteiger partial charge in [0.2, 0.25) is 0 Å². The van der Waals surface area contributed by atoms with E-state index in [1.54, 1.807) is 0 Å². The summed E-state index contributed by atoms with van der Waals surface area (Å²) >= 11 is 14.3. The van der Waals surface area contributed by atoms with Crippen molar-refractivity contribution in [3.05, 3.63) is 39.6 Å². The molecule has 0 spiro atoms. The van der Waals surface area contributed by atoms with Crippen molar-refractivity contribution >= 4 is 39.1 Å². The van der Waals surface area contributed by atoms with Crippen LogP contribution in [0, 0.1) is 5.82 Å². The third kappa shape index (κ3) is 3.67. The van der Waals surface area contributed by atoms with Gasteiger partial charge in [-0.1, -0.05) is 18.2 Å². The zero-order valence-corrected chi connectivity index (χ0v) is 10.8. The molecule has 0 N–H and O–H groups in total. The zero-order valence-electron chi connectivity index (χ0n) is 7.70. The summed E-state index contributed by atoms with van der Waals surface area (Å²) in [6, 6.07) is 2.66. The molecule has 0 aliphatic rings. The van der Waals surface area contributed by atoms with Crippen molar-refractivity contribution in [3.8, 4) is 5.75 Å². The Kier molecular flexibility index (Phi) is 4.90. The van der Waals surface area contributed by atoms with Gasteiger partial charge in [0.15, 0.2) is 0 Å². The summed E-state index contributed by atoms with van der Waals surface area (Å²) in [4.78, 5) is 0. The van der Waals surface area contributed by atoms with E-state index in [-0.39, 0.29) is 11.6 Å². The summed E-state index contributed by atoms with van der Waals surface area (Å²) in [5, 5.41) is 0.0467. The van der Waals surface area contributed by atoms with Crippen LogP contribution in [0.1, 0.15) is 0 Å². The molecular weight excluding hydrogens is 306 g/mol. The van der Waals surface area contributed by atoms with E-state index in [2.05, 4.69) is 22.5 Å². The van der Waals surface area contributed by atoms with E-state index in [0.29, 0.717) is 16.1 Å². The molecule has 0 fully saturated rings. The molecule has 0 aromatic heterocycles. The quantitative estimate of drug-likeness (QED) is 0.454. The predicted octanol–water partition coefficient (Wildman–Crippen LogP) is 4.42. The monoisotopic (exact) mass is 312 g/mol. The molecule has 0 aliphatic carbocycles. The molecule has 1 aromatic carbocycles. The molecular formula is C10H8BrCl2FO. The summed E-state index contributed by atoms with van der Waals surface area (Å²) in [6.07, 6.45) is 0. The van der Waals surface area contributed by atoms with E-state index in [9.17, 15) is 4.39 Å². The minimum atomic E-state index is -0.522. The Balaban J connectivity index is 2.77. The predicted molar refractivity (Wildman–Crippen MR) is 64.5 cm³/mol. The van der Waals surface area contributed by atoms with Gasteiger partial charge in [-0.05, 0) is 27.6 Å². The number of hydrogen-bond donors (Lipinski definition) is 0. The molecule has 0 saturated carbocycles. The molecule has 1 aromatic rings. The first kappa shape index (κ1) is 12.8. The van der Waals surface area contributed by atoms with Gasteiger partial charge in [0, 0.05) is 11.9 Å². The highest BCUT2D eigenvalue weighted by Gasteiger charge is 2.08. The second kappa shape index (κ2) is 5.73. The number of halogens is 4. The summed E-state index contributed by atoms with van der Waals surface area (Å²) in [7, 11) is 0. The summed E-state index contributed by atoms with van der Waals surface area (Å²) in [5.41, 5.74) is 0.721. The highest BCUT2D eigenvalue weighted by Crippen LogP contribution is 2.30. The lowest BCUT2D eigenvalue weighted by atomic mass is 10.3. The second-order valence-corrected chi connectivity index (χ2v) is 4.40. The van der Waals surface area contributed by atoms with Gasteiger partial charge in [0.05, 0.1) is 9.50 Å². The fourth-order valence-electron chi connectivity index (χ4n) is 0.833. The van der Waals surface area contributed by atoms with Crippen molar-refractivity contribution in [3.63, 3.8) is 0 Å². The van der Waals surface area contributed by atoms with Crippen LogP contribution < -0.4 is 4.74 Å². The molecule has 0 aliphatic heterocycles. The van der Waals surface area contributed by atoms with E-state index in [0.717, 1.165) is 5.57 Å². The van der Waals surface area contributed by atoms with Gasteiger partial charge >= 0.3 is 0 Å². The summed E-state index contributed by atoms with van der Waals surface area (Å²) in [5.74, 6) is 0.169. The van der Waals surface area contributed by atoms with Crippen LogP contribution in [0.2, 0.25) is 5.02 Å². The molecule has 0 saturated heterocycles. The smallest absolute Gasteiger partial charge is 0.145 e. The highest BCUT2D eigenvalue weighted by molar-refractivity contribution is 9.10. The van der Waals surface area contributed by atoms with Crippen LogP contribution in [0.25, 0.3) is 0 Å². The molecule has 0 bridgehead atoms. The second-order valence-electron chi connectivity index (χ2n) is 2.87. The number of benzene rings is 1. The lowest BCUT2D eigenvalue weighted by Gasteiger charge is -2.09. The van der Waals surface area contributed by atoms with Crippen LogP contribution in [0.5, 0.6) is 5.75 Å². The average molecular weight is 314 g/mol. The SMILES string of the molecule is C=C(CCl)COc1cc(F)c(Cl)cc1Br. The van der Waals surface area contributed by atoms with Gasteiger partial charge in [0.25, 0.3) is 0 Å². The molecule has 0 atom stereocenters. The molecule has 0 amide bonds. The minimum Gasteiger partial charge on any atom is -0.488 e. The van der Waals surface area contributed by atoms with Crippen LogP contribution in [-0.4, -0.2) is 12.5 Å². The highest BCUT2D eigenvalue weighted by atomic mass is 79.9. The first-order valence-corrected chi connectivity index (χ1v) is 5.75. The maximum Gasteiger partial charge on any atom is 0.145 e. The molecule has 0 heterocycles. The van der Waals surface area contributed by atoms with Crippen LogP contribution in [0.3, 0.4) is 0 Å². The standard InChI is InChI=1S/C10H8BrCl2FO/c1-6(4-12)5-15-10-3-9(14)8(13)2-7(10)11/h2-3H,1,4-5H2. The van der Waals surface area contributed by atoms with Gasteiger partial charge in [-0.15, -0.1) is 11.6 Å². The normalized spacial score (nSPS) is 10.1. The first-order valence-electron chi connectivity index (χ1n) is 4.04. The topological polar surface area (TPSA) is 9.23 Å². The molecule has 15 heavy (non-hydrogen) atoms. The van der Waals surface area contributed by atoms with E-state index in [1.807, 2.05) is 0 Å². The zero-order chi connectivity index (χ0) is 11.4. The van der Waals surface area contributed by atoms with Crippen LogP contribution >= 0.6 is 39.1 Å². The molecule has 5 heteroatoms. The van der Waals surface area contributed by atoms with Crippen molar-refractivity contribution < 1.29 is 9.13 Å². The van der Waals surface area contributed by atoms with Gasteiger partial charge in [0.1, 0.15) is 18.2 Å². The Morgan fingerprint density at radius 1 is 1.53 bits per heavy atom. The molecule has 82 valence electrons. The third-order valence-electron chi connectivity index (χ3n) is 1.60. The molecule has 0 unspecified atom stereocenters. The maximum absolute atomic E-state index is 13.1. The van der Waals surface area contributed by atoms with Gasteiger partial charge in [-0.3, -0.25) is 0 Å². The number of hydrogen-bond acceptors (Lipinski definition) is 1. The summed E-state index contributed by atoms with van der Waals surface area (Å²) < 4.78 is 19.0. The van der Waals surface area contributed by atoms with E-state index in [4.69, 9.17) is 27.9 Å².